The number of hydrogen-bond donors (Lipinski definition) is 0. The molecule has 0 N–H and O–H groups in total. The van der Waals surface area contributed by atoms with E-state index in [4.69, 9.17) is 16.3 Å². The van der Waals surface area contributed by atoms with Crippen molar-refractivity contribution >= 4 is 39.4 Å². The minimum atomic E-state index is -3.51. The monoisotopic (exact) mass is 413 g/mol. The minimum absolute atomic E-state index is 0.0429. The summed E-state index contributed by atoms with van der Waals surface area (Å²) in [6.07, 6.45) is 0.267. The van der Waals surface area contributed by atoms with Gasteiger partial charge in [0.1, 0.15) is 6.61 Å². The number of thioether (sulfide) groups is 1. The largest absolute Gasteiger partial charge is 0.461 e. The Balaban J connectivity index is 1.83. The molecule has 0 aliphatic carbocycles. The third-order valence-corrected chi connectivity index (χ3v) is 6.54. The molecule has 2 rings (SSSR count). The maximum absolute atomic E-state index is 12.1. The van der Waals surface area contributed by atoms with E-state index in [1.54, 1.807) is 36.0 Å². The molecule has 2 aromatic rings. The van der Waals surface area contributed by atoms with E-state index in [9.17, 15) is 13.2 Å². The fraction of sp³-hybridized carbons (Fsp3) is 0.278. The third kappa shape index (κ3) is 6.02. The van der Waals surface area contributed by atoms with Crippen LogP contribution in [0.4, 0.5) is 0 Å². The second-order valence-corrected chi connectivity index (χ2v) is 9.40. The van der Waals surface area contributed by atoms with Crippen molar-refractivity contribution in [2.75, 3.05) is 19.8 Å². The van der Waals surface area contributed by atoms with E-state index in [1.165, 1.54) is 26.2 Å². The number of ether oxygens (including phenoxy) is 1. The SMILES string of the molecule is CN(C)S(=O)(=O)c1cccc(COC(=O)CCSc2ccc(Cl)cc2)c1. The molecule has 0 fully saturated rings. The van der Waals surface area contributed by atoms with E-state index in [0.717, 1.165) is 9.20 Å². The smallest absolute Gasteiger partial charge is 0.306 e. The van der Waals surface area contributed by atoms with Gasteiger partial charge in [0.25, 0.3) is 0 Å². The van der Waals surface area contributed by atoms with E-state index in [-0.39, 0.29) is 23.9 Å². The molecule has 140 valence electrons. The molecule has 26 heavy (non-hydrogen) atoms. The van der Waals surface area contributed by atoms with Crippen LogP contribution in [0.3, 0.4) is 0 Å². The highest BCUT2D eigenvalue weighted by Gasteiger charge is 2.17. The van der Waals surface area contributed by atoms with Gasteiger partial charge in [-0.1, -0.05) is 23.7 Å². The summed E-state index contributed by atoms with van der Waals surface area (Å²) >= 11 is 7.37. The van der Waals surface area contributed by atoms with Gasteiger partial charge in [-0.05, 0) is 42.0 Å². The van der Waals surface area contributed by atoms with Gasteiger partial charge in [-0.3, -0.25) is 4.79 Å². The van der Waals surface area contributed by atoms with Gasteiger partial charge in [-0.25, -0.2) is 12.7 Å². The zero-order chi connectivity index (χ0) is 19.2. The van der Waals surface area contributed by atoms with Crippen LogP contribution in [0.25, 0.3) is 0 Å². The lowest BCUT2D eigenvalue weighted by molar-refractivity contribution is -0.144. The van der Waals surface area contributed by atoms with Crippen molar-refractivity contribution in [2.24, 2.45) is 0 Å². The second kappa shape index (κ2) is 9.41. The molecule has 2 aromatic carbocycles. The summed E-state index contributed by atoms with van der Waals surface area (Å²) in [6.45, 7) is 0.0429. The molecule has 8 heteroatoms. The third-order valence-electron chi connectivity index (χ3n) is 3.47. The van der Waals surface area contributed by atoms with Crippen molar-refractivity contribution in [2.45, 2.75) is 22.8 Å². The summed E-state index contributed by atoms with van der Waals surface area (Å²) in [7, 11) is -0.561. The highest BCUT2D eigenvalue weighted by Crippen LogP contribution is 2.21. The van der Waals surface area contributed by atoms with Crippen LogP contribution < -0.4 is 0 Å². The predicted octanol–water partition coefficient (Wildman–Crippen LogP) is 3.82. The van der Waals surface area contributed by atoms with Crippen molar-refractivity contribution in [1.29, 1.82) is 0 Å². The number of sulfonamides is 1. The summed E-state index contributed by atoms with van der Waals surface area (Å²) in [5, 5.41) is 0.673. The molecule has 0 aliphatic rings. The van der Waals surface area contributed by atoms with Gasteiger partial charge in [0.15, 0.2) is 0 Å². The lowest BCUT2D eigenvalue weighted by Crippen LogP contribution is -2.22. The minimum Gasteiger partial charge on any atom is -0.461 e. The van der Waals surface area contributed by atoms with Crippen LogP contribution in [0.5, 0.6) is 0 Å². The van der Waals surface area contributed by atoms with Crippen LogP contribution in [-0.2, 0) is 26.2 Å². The molecule has 0 heterocycles. The first-order valence-corrected chi connectivity index (χ1v) is 10.6. The number of rotatable bonds is 8. The number of halogens is 1. The number of esters is 1. The van der Waals surface area contributed by atoms with Gasteiger partial charge in [0, 0.05) is 29.8 Å². The van der Waals surface area contributed by atoms with Gasteiger partial charge in [0.05, 0.1) is 11.3 Å². The number of hydrogen-bond acceptors (Lipinski definition) is 5. The Labute approximate surface area is 163 Å². The van der Waals surface area contributed by atoms with Crippen LogP contribution in [0.15, 0.2) is 58.3 Å². The van der Waals surface area contributed by atoms with Crippen molar-refractivity contribution in [1.82, 2.24) is 4.31 Å². The quantitative estimate of drug-likeness (QED) is 0.486. The number of nitrogens with zero attached hydrogens (tertiary/aromatic N) is 1. The van der Waals surface area contributed by atoms with Crippen molar-refractivity contribution < 1.29 is 17.9 Å². The zero-order valence-electron chi connectivity index (χ0n) is 14.5. The molecule has 0 saturated heterocycles. The number of carbonyl (C=O) groups excluding carboxylic acids is 1. The Bertz CT molecular complexity index is 852. The van der Waals surface area contributed by atoms with Crippen LogP contribution >= 0.6 is 23.4 Å². The average Bonchev–Trinajstić information content (AvgIpc) is 2.62. The van der Waals surface area contributed by atoms with E-state index < -0.39 is 10.0 Å². The molecule has 0 amide bonds. The zero-order valence-corrected chi connectivity index (χ0v) is 16.9. The molecule has 0 spiro atoms. The van der Waals surface area contributed by atoms with Gasteiger partial charge < -0.3 is 4.74 Å². The molecule has 5 nitrogen and oxygen atoms in total. The van der Waals surface area contributed by atoms with E-state index in [0.29, 0.717) is 16.3 Å². The molecule has 0 aromatic heterocycles. The second-order valence-electron chi connectivity index (χ2n) is 5.65. The standard InChI is InChI=1S/C18H20ClNO4S2/c1-20(2)26(22,23)17-5-3-4-14(12-17)13-24-18(21)10-11-25-16-8-6-15(19)7-9-16/h3-9,12H,10-11,13H2,1-2H3. The van der Waals surface area contributed by atoms with E-state index in [1.807, 2.05) is 12.1 Å². The Morgan fingerprint density at radius 1 is 1.15 bits per heavy atom. The highest BCUT2D eigenvalue weighted by atomic mass is 35.5. The number of carbonyl (C=O) groups is 1. The molecule has 0 atom stereocenters. The number of benzene rings is 2. The summed E-state index contributed by atoms with van der Waals surface area (Å²) in [5.41, 5.74) is 0.631. The van der Waals surface area contributed by atoms with Gasteiger partial charge in [-0.15, -0.1) is 11.8 Å². The molecular formula is C18H20ClNO4S2. The van der Waals surface area contributed by atoms with Gasteiger partial charge in [-0.2, -0.15) is 0 Å². The summed E-state index contributed by atoms with van der Waals surface area (Å²) in [4.78, 5) is 13.1. The normalized spacial score (nSPS) is 11.5. The van der Waals surface area contributed by atoms with Crippen molar-refractivity contribution in [3.8, 4) is 0 Å². The van der Waals surface area contributed by atoms with Crippen LogP contribution in [-0.4, -0.2) is 38.5 Å². The fourth-order valence-corrected chi connectivity index (χ4v) is 3.96. The molecule has 0 unspecified atom stereocenters. The maximum atomic E-state index is 12.1. The Morgan fingerprint density at radius 3 is 2.50 bits per heavy atom. The van der Waals surface area contributed by atoms with Crippen LogP contribution in [0.2, 0.25) is 5.02 Å². The average molecular weight is 414 g/mol. The van der Waals surface area contributed by atoms with E-state index in [2.05, 4.69) is 0 Å². The van der Waals surface area contributed by atoms with E-state index >= 15 is 0 Å². The maximum Gasteiger partial charge on any atom is 0.306 e. The topological polar surface area (TPSA) is 63.7 Å². The molecule has 0 saturated carbocycles. The summed E-state index contributed by atoms with van der Waals surface area (Å²) in [6, 6.07) is 13.8. The first kappa shape index (κ1) is 20.8. The van der Waals surface area contributed by atoms with Gasteiger partial charge >= 0.3 is 5.97 Å². The van der Waals surface area contributed by atoms with Gasteiger partial charge in [0.2, 0.25) is 10.0 Å². The Morgan fingerprint density at radius 2 is 1.85 bits per heavy atom. The lowest BCUT2D eigenvalue weighted by Gasteiger charge is -2.12. The Hall–Kier alpha value is -1.54. The molecular weight excluding hydrogens is 394 g/mol. The summed E-state index contributed by atoms with van der Waals surface area (Å²) < 4.78 is 30.6. The summed E-state index contributed by atoms with van der Waals surface area (Å²) in [5.74, 6) is 0.266. The molecule has 0 radical (unpaired) electrons. The first-order valence-electron chi connectivity index (χ1n) is 7.84. The van der Waals surface area contributed by atoms with Crippen molar-refractivity contribution in [3.05, 3.63) is 59.1 Å². The lowest BCUT2D eigenvalue weighted by atomic mass is 10.2. The fourth-order valence-electron chi connectivity index (χ4n) is 2.03. The Kier molecular flexibility index (Phi) is 7.52. The molecule has 0 bridgehead atoms. The first-order chi connectivity index (χ1) is 12.3. The highest BCUT2D eigenvalue weighted by molar-refractivity contribution is 7.99. The predicted molar refractivity (Wildman–Crippen MR) is 104 cm³/mol. The van der Waals surface area contributed by atoms with Crippen LogP contribution in [0.1, 0.15) is 12.0 Å². The van der Waals surface area contributed by atoms with Crippen LogP contribution in [0, 0.1) is 0 Å². The van der Waals surface area contributed by atoms with Crippen molar-refractivity contribution in [3.63, 3.8) is 0 Å². The molecule has 0 aliphatic heterocycles.